The molecule has 1 N–H and O–H groups in total. The summed E-state index contributed by atoms with van der Waals surface area (Å²) in [6.07, 6.45) is 3.54. The molecule has 4 heteroatoms. The largest absolute Gasteiger partial charge is 0.394 e. The van der Waals surface area contributed by atoms with E-state index >= 15 is 0 Å². The number of nitrogens with zero attached hydrogens (tertiary/aromatic N) is 2. The van der Waals surface area contributed by atoms with Gasteiger partial charge in [-0.3, -0.25) is 0 Å². The molecule has 4 nitrogen and oxygen atoms in total. The van der Waals surface area contributed by atoms with Crippen molar-refractivity contribution >= 4 is 11.0 Å². The highest BCUT2D eigenvalue weighted by Gasteiger charge is 2.00. The van der Waals surface area contributed by atoms with Crippen LogP contribution in [0.3, 0.4) is 0 Å². The van der Waals surface area contributed by atoms with Crippen LogP contribution >= 0.6 is 0 Å². The number of pyridine rings is 1. The molecular weight excluding hydrogens is 180 g/mol. The Morgan fingerprint density at radius 1 is 1.57 bits per heavy atom. The summed E-state index contributed by atoms with van der Waals surface area (Å²) in [5, 5.41) is 9.52. The molecule has 0 spiro atoms. The van der Waals surface area contributed by atoms with Crippen LogP contribution in [-0.4, -0.2) is 27.9 Å². The zero-order chi connectivity index (χ0) is 9.80. The van der Waals surface area contributed by atoms with Crippen molar-refractivity contribution in [3.8, 4) is 0 Å². The van der Waals surface area contributed by atoms with Crippen LogP contribution in [0.15, 0.2) is 24.5 Å². The predicted octanol–water partition coefficient (Wildman–Crippen LogP) is 0.803. The van der Waals surface area contributed by atoms with Crippen molar-refractivity contribution in [2.45, 2.75) is 6.73 Å². The normalized spacial score (nSPS) is 10.9. The number of aromatic nitrogens is 2. The minimum Gasteiger partial charge on any atom is -0.394 e. The molecule has 0 aromatic carbocycles. The summed E-state index contributed by atoms with van der Waals surface area (Å²) >= 11 is 0. The maximum Gasteiger partial charge on any atom is 0.142 e. The molecule has 0 unspecified atom stereocenters. The molecule has 1 radical (unpaired) electrons. The quantitative estimate of drug-likeness (QED) is 0.727. The standard InChI is InChI=1S/C10H11N2O2/c13-6-7-14-8-12-5-3-9-2-1-4-11-10(9)12/h1-2,4-5,13H,6-8H2. The van der Waals surface area contributed by atoms with Crippen LogP contribution in [0.5, 0.6) is 0 Å². The van der Waals surface area contributed by atoms with Gasteiger partial charge in [0.15, 0.2) is 0 Å². The first-order chi connectivity index (χ1) is 6.92. The zero-order valence-electron chi connectivity index (χ0n) is 7.68. The first-order valence-electron chi connectivity index (χ1n) is 4.42. The third-order valence-corrected chi connectivity index (χ3v) is 1.90. The average molecular weight is 191 g/mol. The molecule has 14 heavy (non-hydrogen) atoms. The molecule has 2 rings (SSSR count). The van der Waals surface area contributed by atoms with Crippen molar-refractivity contribution in [2.75, 3.05) is 13.2 Å². The summed E-state index contributed by atoms with van der Waals surface area (Å²) in [6.45, 7) is 0.778. The maximum atomic E-state index is 8.55. The van der Waals surface area contributed by atoms with Crippen LogP contribution in [0, 0.1) is 6.07 Å². The van der Waals surface area contributed by atoms with E-state index in [9.17, 15) is 0 Å². The minimum absolute atomic E-state index is 0.0380. The van der Waals surface area contributed by atoms with E-state index in [1.165, 1.54) is 0 Å². The molecule has 73 valence electrons. The lowest BCUT2D eigenvalue weighted by Gasteiger charge is -2.04. The van der Waals surface area contributed by atoms with Gasteiger partial charge in [-0.25, -0.2) is 4.98 Å². The van der Waals surface area contributed by atoms with Gasteiger partial charge in [0.2, 0.25) is 0 Å². The third kappa shape index (κ3) is 1.76. The first kappa shape index (κ1) is 9.18. The fourth-order valence-electron chi connectivity index (χ4n) is 1.27. The molecule has 0 aliphatic heterocycles. The van der Waals surface area contributed by atoms with Gasteiger partial charge in [0.1, 0.15) is 12.4 Å². The molecule has 2 aromatic heterocycles. The smallest absolute Gasteiger partial charge is 0.142 e. The molecule has 0 saturated heterocycles. The number of fused-ring (bicyclic) bond motifs is 1. The Labute approximate surface area is 81.8 Å². The van der Waals surface area contributed by atoms with Crippen molar-refractivity contribution in [3.05, 3.63) is 30.6 Å². The first-order valence-corrected chi connectivity index (χ1v) is 4.42. The van der Waals surface area contributed by atoms with Crippen molar-refractivity contribution in [1.82, 2.24) is 9.55 Å². The van der Waals surface area contributed by atoms with Crippen LogP contribution in [0.25, 0.3) is 11.0 Å². The van der Waals surface area contributed by atoms with Gasteiger partial charge in [-0.1, -0.05) is 0 Å². The van der Waals surface area contributed by atoms with Crippen molar-refractivity contribution < 1.29 is 9.84 Å². The second kappa shape index (κ2) is 4.21. The summed E-state index contributed by atoms with van der Waals surface area (Å²) in [5.74, 6) is 0. The van der Waals surface area contributed by atoms with Gasteiger partial charge < -0.3 is 14.4 Å². The SMILES string of the molecule is OCCOCn1c[c]c2cccnc21. The van der Waals surface area contributed by atoms with Crippen LogP contribution in [0.1, 0.15) is 0 Å². The van der Waals surface area contributed by atoms with Crippen LogP contribution < -0.4 is 0 Å². The van der Waals surface area contributed by atoms with E-state index in [1.807, 2.05) is 16.7 Å². The molecule has 0 amide bonds. The molecule has 2 heterocycles. The van der Waals surface area contributed by atoms with E-state index in [1.54, 1.807) is 12.4 Å². The Bertz CT molecular complexity index is 411. The fourth-order valence-corrected chi connectivity index (χ4v) is 1.27. The molecule has 0 aliphatic carbocycles. The average Bonchev–Trinajstić information content (AvgIpc) is 2.63. The van der Waals surface area contributed by atoms with Gasteiger partial charge in [0, 0.05) is 23.8 Å². The van der Waals surface area contributed by atoms with Gasteiger partial charge in [0.05, 0.1) is 13.2 Å². The topological polar surface area (TPSA) is 47.3 Å². The Morgan fingerprint density at radius 3 is 3.36 bits per heavy atom. The summed E-state index contributed by atoms with van der Waals surface area (Å²) < 4.78 is 7.04. The van der Waals surface area contributed by atoms with Gasteiger partial charge in [-0.15, -0.1) is 0 Å². The third-order valence-electron chi connectivity index (χ3n) is 1.90. The van der Waals surface area contributed by atoms with Gasteiger partial charge in [-0.05, 0) is 12.1 Å². The van der Waals surface area contributed by atoms with Crippen molar-refractivity contribution in [2.24, 2.45) is 0 Å². The van der Waals surface area contributed by atoms with Crippen molar-refractivity contribution in [3.63, 3.8) is 0 Å². The number of aliphatic hydroxyl groups excluding tert-OH is 1. The fraction of sp³-hybridized carbons (Fsp3) is 0.300. The van der Waals surface area contributed by atoms with E-state index in [0.29, 0.717) is 13.3 Å². The van der Waals surface area contributed by atoms with E-state index in [-0.39, 0.29) is 6.61 Å². The Balaban J connectivity index is 2.17. The molecule has 0 bridgehead atoms. The number of hydrogen-bond donors (Lipinski definition) is 1. The highest BCUT2D eigenvalue weighted by molar-refractivity contribution is 5.74. The molecule has 2 aromatic rings. The second-order valence-electron chi connectivity index (χ2n) is 2.88. The summed E-state index contributed by atoms with van der Waals surface area (Å²) in [7, 11) is 0. The number of aliphatic hydroxyl groups is 1. The van der Waals surface area contributed by atoms with Crippen LogP contribution in [-0.2, 0) is 11.5 Å². The Morgan fingerprint density at radius 2 is 2.50 bits per heavy atom. The minimum atomic E-state index is 0.0380. The van der Waals surface area contributed by atoms with E-state index in [2.05, 4.69) is 11.1 Å². The molecule has 0 atom stereocenters. The van der Waals surface area contributed by atoms with E-state index in [0.717, 1.165) is 11.0 Å². The van der Waals surface area contributed by atoms with Gasteiger partial charge in [-0.2, -0.15) is 0 Å². The Kier molecular flexibility index (Phi) is 2.76. The summed E-state index contributed by atoms with van der Waals surface area (Å²) in [4.78, 5) is 4.21. The van der Waals surface area contributed by atoms with Gasteiger partial charge >= 0.3 is 0 Å². The lowest BCUT2D eigenvalue weighted by atomic mass is 10.3. The van der Waals surface area contributed by atoms with E-state index in [4.69, 9.17) is 9.84 Å². The number of ether oxygens (including phenoxy) is 1. The Hall–Kier alpha value is -1.39. The number of rotatable bonds is 4. The van der Waals surface area contributed by atoms with E-state index < -0.39 is 0 Å². The highest BCUT2D eigenvalue weighted by atomic mass is 16.5. The molecule has 0 aliphatic rings. The number of hydrogen-bond acceptors (Lipinski definition) is 3. The lowest BCUT2D eigenvalue weighted by molar-refractivity contribution is 0.0501. The lowest BCUT2D eigenvalue weighted by Crippen LogP contribution is -2.05. The predicted molar refractivity (Wildman–Crippen MR) is 51.6 cm³/mol. The van der Waals surface area contributed by atoms with Crippen LogP contribution in [0.2, 0.25) is 0 Å². The summed E-state index contributed by atoms with van der Waals surface area (Å²) in [6, 6.07) is 6.90. The second-order valence-corrected chi connectivity index (χ2v) is 2.88. The molecular formula is C10H11N2O2. The molecule has 0 fully saturated rings. The van der Waals surface area contributed by atoms with Crippen LogP contribution in [0.4, 0.5) is 0 Å². The maximum absolute atomic E-state index is 8.55. The van der Waals surface area contributed by atoms with Gasteiger partial charge in [0.25, 0.3) is 0 Å². The monoisotopic (exact) mass is 191 g/mol. The highest BCUT2D eigenvalue weighted by Crippen LogP contribution is 2.10. The van der Waals surface area contributed by atoms with Crippen molar-refractivity contribution in [1.29, 1.82) is 0 Å². The molecule has 0 saturated carbocycles. The summed E-state index contributed by atoms with van der Waals surface area (Å²) in [5.41, 5.74) is 0.852. The zero-order valence-corrected chi connectivity index (χ0v) is 7.68.